The summed E-state index contributed by atoms with van der Waals surface area (Å²) in [6.07, 6.45) is -1.17. The summed E-state index contributed by atoms with van der Waals surface area (Å²) in [7, 11) is -2.17. The van der Waals surface area contributed by atoms with Crippen LogP contribution in [-0.2, 0) is 16.6 Å². The lowest BCUT2D eigenvalue weighted by Gasteiger charge is -2.26. The Bertz CT molecular complexity index is 875. The van der Waals surface area contributed by atoms with E-state index in [0.717, 1.165) is 15.6 Å². The van der Waals surface area contributed by atoms with Gasteiger partial charge < -0.3 is 20.3 Å². The predicted molar refractivity (Wildman–Crippen MR) is 101 cm³/mol. The normalized spacial score (nSPS) is 23.4. The molecular weight excluding hydrogens is 368 g/mol. The number of hydrogen-bond acceptors (Lipinski definition) is 6. The second kappa shape index (κ2) is 7.95. The van der Waals surface area contributed by atoms with E-state index < -0.39 is 21.7 Å². The standard InChI is InChI=1S/C19H24N2O5S/c1-26-16-7-5-6-15(10-16)11-20-13-19(23)14-21(12-18(19)22)27(24,25)17-8-3-2-4-9-17/h2-10,18,20,22-23H,11-14H2,1H3/t18-,19+/m1/s1. The molecule has 3 N–H and O–H groups in total. The molecule has 0 radical (unpaired) electrons. The van der Waals surface area contributed by atoms with Crippen molar-refractivity contribution < 1.29 is 23.4 Å². The molecule has 3 rings (SSSR count). The average molecular weight is 392 g/mol. The van der Waals surface area contributed by atoms with E-state index >= 15 is 0 Å². The molecule has 0 aliphatic carbocycles. The quantitative estimate of drug-likeness (QED) is 0.638. The van der Waals surface area contributed by atoms with Crippen LogP contribution in [0, 0.1) is 0 Å². The lowest BCUT2D eigenvalue weighted by molar-refractivity contribution is -0.0384. The Morgan fingerprint density at radius 3 is 2.67 bits per heavy atom. The monoisotopic (exact) mass is 392 g/mol. The van der Waals surface area contributed by atoms with Gasteiger partial charge in [-0.15, -0.1) is 0 Å². The zero-order valence-corrected chi connectivity index (χ0v) is 15.9. The van der Waals surface area contributed by atoms with Crippen LogP contribution in [0.5, 0.6) is 5.75 Å². The summed E-state index contributed by atoms with van der Waals surface area (Å²) in [6.45, 7) is 0.203. The minimum Gasteiger partial charge on any atom is -0.497 e. The number of methoxy groups -OCH3 is 1. The van der Waals surface area contributed by atoms with Gasteiger partial charge in [0.05, 0.1) is 18.1 Å². The van der Waals surface area contributed by atoms with Crippen LogP contribution in [0.2, 0.25) is 0 Å². The Morgan fingerprint density at radius 2 is 1.96 bits per heavy atom. The molecular formula is C19H24N2O5S. The smallest absolute Gasteiger partial charge is 0.243 e. The van der Waals surface area contributed by atoms with E-state index in [2.05, 4.69) is 5.32 Å². The van der Waals surface area contributed by atoms with Gasteiger partial charge in [-0.05, 0) is 29.8 Å². The van der Waals surface area contributed by atoms with E-state index in [1.165, 1.54) is 12.1 Å². The highest BCUT2D eigenvalue weighted by atomic mass is 32.2. The highest BCUT2D eigenvalue weighted by Gasteiger charge is 2.48. The molecule has 1 saturated heterocycles. The zero-order chi connectivity index (χ0) is 19.5. The second-order valence-corrected chi connectivity index (χ2v) is 8.62. The van der Waals surface area contributed by atoms with Crippen LogP contribution in [-0.4, -0.2) is 61.4 Å². The predicted octanol–water partition coefficient (Wildman–Crippen LogP) is 0.581. The van der Waals surface area contributed by atoms with Crippen LogP contribution in [0.1, 0.15) is 5.56 Å². The molecule has 8 heteroatoms. The third kappa shape index (κ3) is 4.31. The van der Waals surface area contributed by atoms with Crippen molar-refractivity contribution in [2.45, 2.75) is 23.1 Å². The number of sulfonamides is 1. The molecule has 0 spiro atoms. The summed E-state index contributed by atoms with van der Waals surface area (Å²) in [5.41, 5.74) is -0.597. The van der Waals surface area contributed by atoms with E-state index in [4.69, 9.17) is 4.74 Å². The van der Waals surface area contributed by atoms with Crippen LogP contribution < -0.4 is 10.1 Å². The first-order valence-corrected chi connectivity index (χ1v) is 10.1. The van der Waals surface area contributed by atoms with Crippen LogP contribution >= 0.6 is 0 Å². The minimum atomic E-state index is -3.76. The third-order valence-corrected chi connectivity index (χ3v) is 6.55. The van der Waals surface area contributed by atoms with E-state index in [1.807, 2.05) is 24.3 Å². The summed E-state index contributed by atoms with van der Waals surface area (Å²) < 4.78 is 31.7. The Labute approximate surface area is 159 Å². The number of aliphatic hydroxyl groups is 2. The van der Waals surface area contributed by atoms with Gasteiger partial charge in [-0.3, -0.25) is 0 Å². The second-order valence-electron chi connectivity index (χ2n) is 6.69. The van der Waals surface area contributed by atoms with Gasteiger partial charge in [0.1, 0.15) is 11.4 Å². The molecule has 0 bridgehead atoms. The summed E-state index contributed by atoms with van der Waals surface area (Å²) >= 11 is 0. The van der Waals surface area contributed by atoms with E-state index in [-0.39, 0.29) is 24.5 Å². The number of hydrogen-bond donors (Lipinski definition) is 3. The van der Waals surface area contributed by atoms with Crippen molar-refractivity contribution in [1.82, 2.24) is 9.62 Å². The molecule has 1 fully saturated rings. The van der Waals surface area contributed by atoms with Gasteiger partial charge in [-0.25, -0.2) is 8.42 Å². The molecule has 0 saturated carbocycles. The maximum atomic E-state index is 12.7. The molecule has 2 aromatic rings. The molecule has 0 amide bonds. The summed E-state index contributed by atoms with van der Waals surface area (Å²) in [4.78, 5) is 0.144. The number of rotatable bonds is 7. The molecule has 146 valence electrons. The van der Waals surface area contributed by atoms with Gasteiger partial charge in [0.25, 0.3) is 0 Å². The van der Waals surface area contributed by atoms with Crippen molar-refractivity contribution in [3.8, 4) is 5.75 Å². The lowest BCUT2D eigenvalue weighted by Crippen LogP contribution is -2.50. The van der Waals surface area contributed by atoms with Crippen molar-refractivity contribution in [2.75, 3.05) is 26.7 Å². The highest BCUT2D eigenvalue weighted by molar-refractivity contribution is 7.89. The van der Waals surface area contributed by atoms with Gasteiger partial charge in [-0.2, -0.15) is 4.31 Å². The van der Waals surface area contributed by atoms with Crippen molar-refractivity contribution in [1.29, 1.82) is 0 Å². The highest BCUT2D eigenvalue weighted by Crippen LogP contribution is 2.27. The number of aliphatic hydroxyl groups excluding tert-OH is 1. The number of ether oxygens (including phenoxy) is 1. The van der Waals surface area contributed by atoms with Crippen LogP contribution in [0.15, 0.2) is 59.5 Å². The number of β-amino-alcohol motifs (C(OH)–C–C–N with tert-alkyl or cyclic N) is 2. The Balaban J connectivity index is 1.64. The van der Waals surface area contributed by atoms with Gasteiger partial charge >= 0.3 is 0 Å². The van der Waals surface area contributed by atoms with Crippen molar-refractivity contribution in [3.63, 3.8) is 0 Å². The van der Waals surface area contributed by atoms with Crippen molar-refractivity contribution >= 4 is 10.0 Å². The molecule has 1 aliphatic heterocycles. The van der Waals surface area contributed by atoms with Gasteiger partial charge in [-0.1, -0.05) is 30.3 Å². The van der Waals surface area contributed by atoms with E-state index in [1.54, 1.807) is 25.3 Å². The summed E-state index contributed by atoms with van der Waals surface area (Å²) in [5, 5.41) is 24.2. The minimum absolute atomic E-state index is 0.0617. The fourth-order valence-corrected chi connectivity index (χ4v) is 4.67. The first-order valence-electron chi connectivity index (χ1n) is 8.64. The van der Waals surface area contributed by atoms with Crippen LogP contribution in [0.3, 0.4) is 0 Å². The summed E-state index contributed by atoms with van der Waals surface area (Å²) in [5.74, 6) is 0.731. The van der Waals surface area contributed by atoms with Crippen molar-refractivity contribution in [2.24, 2.45) is 0 Å². The van der Waals surface area contributed by atoms with E-state index in [9.17, 15) is 18.6 Å². The van der Waals surface area contributed by atoms with Crippen molar-refractivity contribution in [3.05, 3.63) is 60.2 Å². The SMILES string of the molecule is COc1cccc(CNC[C@]2(O)CN(S(=O)(=O)c3ccccc3)C[C@H]2O)c1. The topological polar surface area (TPSA) is 99.1 Å². The fraction of sp³-hybridized carbons (Fsp3) is 0.368. The van der Waals surface area contributed by atoms with Gasteiger partial charge in [0, 0.05) is 26.2 Å². The number of nitrogens with one attached hydrogen (secondary N) is 1. The molecule has 1 heterocycles. The molecule has 0 aromatic heterocycles. The largest absolute Gasteiger partial charge is 0.497 e. The lowest BCUT2D eigenvalue weighted by atomic mass is 10.0. The maximum absolute atomic E-state index is 12.7. The molecule has 2 atom stereocenters. The maximum Gasteiger partial charge on any atom is 0.243 e. The molecule has 1 aliphatic rings. The number of benzene rings is 2. The van der Waals surface area contributed by atoms with Gasteiger partial charge in [0.2, 0.25) is 10.0 Å². The first kappa shape index (κ1) is 19.8. The van der Waals surface area contributed by atoms with Crippen LogP contribution in [0.4, 0.5) is 0 Å². The Kier molecular flexibility index (Phi) is 5.83. The number of nitrogens with zero attached hydrogens (tertiary/aromatic N) is 1. The Hall–Kier alpha value is -1.97. The molecule has 2 aromatic carbocycles. The fourth-order valence-electron chi connectivity index (χ4n) is 3.14. The Morgan fingerprint density at radius 1 is 1.22 bits per heavy atom. The first-order chi connectivity index (χ1) is 12.8. The van der Waals surface area contributed by atoms with E-state index in [0.29, 0.717) is 6.54 Å². The molecule has 7 nitrogen and oxygen atoms in total. The molecule has 27 heavy (non-hydrogen) atoms. The van der Waals surface area contributed by atoms with Crippen LogP contribution in [0.25, 0.3) is 0 Å². The summed E-state index contributed by atoms with van der Waals surface area (Å²) in [6, 6.07) is 15.5. The third-order valence-electron chi connectivity index (χ3n) is 4.72. The average Bonchev–Trinajstić information content (AvgIpc) is 2.98. The molecule has 0 unspecified atom stereocenters. The zero-order valence-electron chi connectivity index (χ0n) is 15.1. The van der Waals surface area contributed by atoms with Gasteiger partial charge in [0.15, 0.2) is 0 Å².